The third kappa shape index (κ3) is 6.07. The molecule has 0 aliphatic carbocycles. The Morgan fingerprint density at radius 2 is 0.783 bits per heavy atom. The summed E-state index contributed by atoms with van der Waals surface area (Å²) in [4.78, 5) is 0. The minimum Gasteiger partial charge on any atom is -0.345 e. The Balaban J connectivity index is 0.000000190. The summed E-state index contributed by atoms with van der Waals surface area (Å²) in [5.41, 5.74) is 27.1. The molecule has 0 atom stereocenters. The molecule has 2 heterocycles. The van der Waals surface area contributed by atoms with Gasteiger partial charge in [0.15, 0.2) is 0 Å². The molecule has 0 radical (unpaired) electrons. The van der Waals surface area contributed by atoms with Crippen molar-refractivity contribution in [2.75, 3.05) is 0 Å². The summed E-state index contributed by atoms with van der Waals surface area (Å²) in [6, 6.07) is 0. The Labute approximate surface area is 281 Å². The van der Waals surface area contributed by atoms with Crippen LogP contribution in [0.3, 0.4) is 0 Å². The van der Waals surface area contributed by atoms with Gasteiger partial charge in [0, 0.05) is 29.6 Å². The van der Waals surface area contributed by atoms with Gasteiger partial charge in [0.25, 0.3) is 0 Å². The van der Waals surface area contributed by atoms with Gasteiger partial charge in [-0.25, -0.2) is 0 Å². The molecule has 5 aromatic rings. The maximum atomic E-state index is 4.63. The van der Waals surface area contributed by atoms with Gasteiger partial charge in [-0.15, -0.1) is 0 Å². The molecule has 0 amide bonds. The van der Waals surface area contributed by atoms with Crippen molar-refractivity contribution in [2.45, 2.75) is 151 Å². The van der Waals surface area contributed by atoms with E-state index in [-0.39, 0.29) is 0 Å². The van der Waals surface area contributed by atoms with Crippen LogP contribution in [0.15, 0.2) is 0 Å². The molecule has 0 saturated carbocycles. The van der Waals surface area contributed by atoms with E-state index < -0.39 is 0 Å². The Kier molecular flexibility index (Phi) is 11.5. The Morgan fingerprint density at radius 3 is 1.22 bits per heavy atom. The van der Waals surface area contributed by atoms with E-state index in [0.717, 1.165) is 25.2 Å². The van der Waals surface area contributed by atoms with Crippen LogP contribution in [0.5, 0.6) is 0 Å². The summed E-state index contributed by atoms with van der Waals surface area (Å²) in [6.07, 6.45) is 1.15. The van der Waals surface area contributed by atoms with E-state index in [2.05, 4.69) is 146 Å². The molecule has 3 nitrogen and oxygen atoms in total. The standard InChI is InChI=1S/C16H23N.C14H20N2.C13H20/c1-8-17-14(7)13(6)15-11(4)9(2)10(3)12(5)16(15)17;1-7-16-14-11(5)9(3)8(2)10(4)13(14)12(6)15-16;1-7-13-11(5)9(3)8(2)10(4)12(13)6/h8H2,1-7H3;7H2,1-6H3;7H2,1-6H3. The second kappa shape index (κ2) is 14.2. The van der Waals surface area contributed by atoms with Crippen LogP contribution in [0.1, 0.15) is 116 Å². The van der Waals surface area contributed by atoms with Crippen molar-refractivity contribution >= 4 is 21.8 Å². The lowest BCUT2D eigenvalue weighted by molar-refractivity contribution is 0.674. The summed E-state index contributed by atoms with van der Waals surface area (Å²) < 4.78 is 4.58. The smallest absolute Gasteiger partial charge is 0.0719 e. The first-order chi connectivity index (χ1) is 21.4. The van der Waals surface area contributed by atoms with Crippen molar-refractivity contribution in [1.82, 2.24) is 14.3 Å². The van der Waals surface area contributed by atoms with Crippen LogP contribution in [-0.2, 0) is 19.5 Å². The monoisotopic (exact) mass is 622 g/mol. The van der Waals surface area contributed by atoms with Gasteiger partial charge >= 0.3 is 0 Å². The summed E-state index contributed by atoms with van der Waals surface area (Å²) in [5.74, 6) is 0. The number of rotatable bonds is 3. The molecule has 0 N–H and O–H groups in total. The molecule has 0 bridgehead atoms. The average molecular weight is 622 g/mol. The molecule has 2 aromatic heterocycles. The van der Waals surface area contributed by atoms with Gasteiger partial charge in [-0.3, -0.25) is 4.68 Å². The summed E-state index contributed by atoms with van der Waals surface area (Å²) in [5, 5.41) is 7.46. The van der Waals surface area contributed by atoms with Crippen molar-refractivity contribution in [3.05, 3.63) is 94.8 Å². The topological polar surface area (TPSA) is 22.8 Å². The van der Waals surface area contributed by atoms with Gasteiger partial charge in [-0.05, 0) is 214 Å². The normalized spacial score (nSPS) is 11.2. The lowest BCUT2D eigenvalue weighted by Gasteiger charge is -2.17. The molecule has 3 heteroatoms. The van der Waals surface area contributed by atoms with E-state index in [1.165, 1.54) is 105 Å². The second-order valence-corrected chi connectivity index (χ2v) is 13.8. The fourth-order valence-corrected chi connectivity index (χ4v) is 7.71. The highest BCUT2D eigenvalue weighted by molar-refractivity contribution is 5.93. The summed E-state index contributed by atoms with van der Waals surface area (Å²) in [7, 11) is 0. The van der Waals surface area contributed by atoms with Crippen molar-refractivity contribution in [3.8, 4) is 0 Å². The largest absolute Gasteiger partial charge is 0.345 e. The molecule has 0 aliphatic rings. The van der Waals surface area contributed by atoms with Gasteiger partial charge in [0.2, 0.25) is 0 Å². The Morgan fingerprint density at radius 1 is 0.391 bits per heavy atom. The van der Waals surface area contributed by atoms with Crippen LogP contribution in [0.2, 0.25) is 0 Å². The summed E-state index contributed by atoms with van der Waals surface area (Å²) >= 11 is 0. The van der Waals surface area contributed by atoms with E-state index in [4.69, 9.17) is 0 Å². The van der Waals surface area contributed by atoms with Crippen LogP contribution in [-0.4, -0.2) is 14.3 Å². The molecule has 0 unspecified atom stereocenters. The van der Waals surface area contributed by atoms with Crippen LogP contribution in [0, 0.1) is 111 Å². The van der Waals surface area contributed by atoms with E-state index >= 15 is 0 Å². The van der Waals surface area contributed by atoms with Crippen molar-refractivity contribution in [1.29, 1.82) is 0 Å². The molecule has 0 aliphatic heterocycles. The lowest BCUT2D eigenvalue weighted by Crippen LogP contribution is -2.01. The highest BCUT2D eigenvalue weighted by Gasteiger charge is 2.18. The van der Waals surface area contributed by atoms with E-state index in [1.807, 2.05) is 0 Å². The third-order valence-electron chi connectivity index (χ3n) is 11.9. The molecule has 0 fully saturated rings. The number of aryl methyl sites for hydroxylation is 8. The zero-order valence-corrected chi connectivity index (χ0v) is 33.0. The first kappa shape index (κ1) is 37.1. The molecular weight excluding hydrogens is 558 g/mol. The highest BCUT2D eigenvalue weighted by atomic mass is 15.3. The number of nitrogens with zero attached hydrogens (tertiary/aromatic N) is 3. The van der Waals surface area contributed by atoms with Crippen LogP contribution in [0.4, 0.5) is 0 Å². The van der Waals surface area contributed by atoms with Crippen LogP contribution < -0.4 is 0 Å². The van der Waals surface area contributed by atoms with Gasteiger partial charge in [-0.2, -0.15) is 5.10 Å². The number of benzene rings is 3. The maximum Gasteiger partial charge on any atom is 0.0719 e. The Hall–Kier alpha value is -3.33. The number of hydrogen-bond acceptors (Lipinski definition) is 1. The predicted octanol–water partition coefficient (Wildman–Crippen LogP) is 11.9. The number of aromatic nitrogens is 3. The molecule has 0 spiro atoms. The van der Waals surface area contributed by atoms with Gasteiger partial charge < -0.3 is 4.57 Å². The SMILES string of the molecule is CCc1c(C)c(C)c(C)c(C)c1C.CCn1c(C)c(C)c2c(C)c(C)c(C)c(C)c21.CCn1nc(C)c2c(C)c(C)c(C)c(C)c21. The highest BCUT2D eigenvalue weighted by Crippen LogP contribution is 2.35. The van der Waals surface area contributed by atoms with Gasteiger partial charge in [-0.1, -0.05) is 6.92 Å². The van der Waals surface area contributed by atoms with E-state index in [9.17, 15) is 0 Å². The molecule has 5 rings (SSSR count). The molecule has 250 valence electrons. The van der Waals surface area contributed by atoms with Gasteiger partial charge in [0.05, 0.1) is 16.7 Å². The molecule has 0 saturated heterocycles. The predicted molar refractivity (Wildman–Crippen MR) is 205 cm³/mol. The quantitative estimate of drug-likeness (QED) is 0.196. The molecular formula is C43H63N3. The van der Waals surface area contributed by atoms with Crippen molar-refractivity contribution < 1.29 is 0 Å². The maximum absolute atomic E-state index is 4.63. The van der Waals surface area contributed by atoms with Crippen molar-refractivity contribution in [2.24, 2.45) is 0 Å². The number of fused-ring (bicyclic) bond motifs is 2. The second-order valence-electron chi connectivity index (χ2n) is 13.8. The minimum absolute atomic E-state index is 0.938. The summed E-state index contributed by atoms with van der Waals surface area (Å²) in [6.45, 7) is 44.2. The van der Waals surface area contributed by atoms with E-state index in [0.29, 0.717) is 0 Å². The molecule has 46 heavy (non-hydrogen) atoms. The first-order valence-corrected chi connectivity index (χ1v) is 17.5. The molecule has 3 aromatic carbocycles. The van der Waals surface area contributed by atoms with Gasteiger partial charge in [0.1, 0.15) is 0 Å². The zero-order valence-electron chi connectivity index (χ0n) is 33.0. The fourth-order valence-electron chi connectivity index (χ4n) is 7.71. The van der Waals surface area contributed by atoms with Crippen molar-refractivity contribution in [3.63, 3.8) is 0 Å². The minimum atomic E-state index is 0.938. The van der Waals surface area contributed by atoms with Crippen LogP contribution in [0.25, 0.3) is 21.8 Å². The van der Waals surface area contributed by atoms with E-state index in [1.54, 1.807) is 5.56 Å². The Bertz CT molecular complexity index is 1910. The average Bonchev–Trinajstić information content (AvgIpc) is 3.51. The van der Waals surface area contributed by atoms with Crippen LogP contribution >= 0.6 is 0 Å². The first-order valence-electron chi connectivity index (χ1n) is 17.5. The third-order valence-corrected chi connectivity index (χ3v) is 11.9. The fraction of sp³-hybridized carbons (Fsp3) is 0.512. The number of hydrogen-bond donors (Lipinski definition) is 0. The lowest BCUT2D eigenvalue weighted by atomic mass is 9.89. The zero-order chi connectivity index (χ0) is 35.1.